The SMILES string of the molecule is NC(=O)c1[nH]cnc1N1CCNCC1. The van der Waals surface area contributed by atoms with Gasteiger partial charge in [-0.25, -0.2) is 4.98 Å². The molecule has 1 aromatic heterocycles. The number of piperazine rings is 1. The lowest BCUT2D eigenvalue weighted by Gasteiger charge is -2.27. The number of nitrogens with zero attached hydrogens (tertiary/aromatic N) is 2. The first kappa shape index (κ1) is 9.01. The summed E-state index contributed by atoms with van der Waals surface area (Å²) in [6, 6.07) is 0. The van der Waals surface area contributed by atoms with Gasteiger partial charge in [0.25, 0.3) is 5.91 Å². The van der Waals surface area contributed by atoms with Gasteiger partial charge in [-0.15, -0.1) is 0 Å². The first-order valence-electron chi connectivity index (χ1n) is 4.58. The zero-order chi connectivity index (χ0) is 9.97. The summed E-state index contributed by atoms with van der Waals surface area (Å²) >= 11 is 0. The summed E-state index contributed by atoms with van der Waals surface area (Å²) in [7, 11) is 0. The molecule has 0 radical (unpaired) electrons. The molecule has 76 valence electrons. The fourth-order valence-corrected chi connectivity index (χ4v) is 1.58. The number of hydrogen-bond acceptors (Lipinski definition) is 4. The van der Waals surface area contributed by atoms with Crippen LogP contribution in [0.2, 0.25) is 0 Å². The zero-order valence-corrected chi connectivity index (χ0v) is 7.79. The molecule has 1 aromatic rings. The molecule has 0 spiro atoms. The van der Waals surface area contributed by atoms with Gasteiger partial charge in [0.15, 0.2) is 5.82 Å². The van der Waals surface area contributed by atoms with Crippen LogP contribution < -0.4 is 16.0 Å². The zero-order valence-electron chi connectivity index (χ0n) is 7.79. The summed E-state index contributed by atoms with van der Waals surface area (Å²) in [5.74, 6) is 0.204. The van der Waals surface area contributed by atoms with Crippen LogP contribution in [-0.2, 0) is 0 Å². The second kappa shape index (κ2) is 3.67. The molecule has 1 aliphatic rings. The van der Waals surface area contributed by atoms with E-state index in [1.807, 2.05) is 4.90 Å². The average molecular weight is 195 g/mol. The van der Waals surface area contributed by atoms with Crippen LogP contribution in [0.3, 0.4) is 0 Å². The maximum Gasteiger partial charge on any atom is 0.269 e. The first-order valence-corrected chi connectivity index (χ1v) is 4.58. The molecule has 0 bridgehead atoms. The van der Waals surface area contributed by atoms with Gasteiger partial charge in [0, 0.05) is 26.2 Å². The smallest absolute Gasteiger partial charge is 0.269 e. The number of primary amides is 1. The molecule has 0 atom stereocenters. The number of nitrogens with one attached hydrogen (secondary N) is 2. The minimum atomic E-state index is -0.462. The summed E-state index contributed by atoms with van der Waals surface area (Å²) in [5, 5.41) is 3.23. The van der Waals surface area contributed by atoms with Crippen LogP contribution in [0, 0.1) is 0 Å². The number of rotatable bonds is 2. The number of aromatic amines is 1. The molecular formula is C8H13N5O. The van der Waals surface area contributed by atoms with Crippen LogP contribution in [0.1, 0.15) is 10.5 Å². The Bertz CT molecular complexity index is 328. The van der Waals surface area contributed by atoms with Gasteiger partial charge in [0.2, 0.25) is 0 Å². The van der Waals surface area contributed by atoms with E-state index >= 15 is 0 Å². The fraction of sp³-hybridized carbons (Fsp3) is 0.500. The number of imidazole rings is 1. The highest BCUT2D eigenvalue weighted by Crippen LogP contribution is 2.15. The van der Waals surface area contributed by atoms with E-state index < -0.39 is 5.91 Å². The molecule has 1 saturated heterocycles. The molecule has 6 nitrogen and oxygen atoms in total. The Kier molecular flexibility index (Phi) is 2.36. The lowest BCUT2D eigenvalue weighted by molar-refractivity contribution is 0.0996. The largest absolute Gasteiger partial charge is 0.364 e. The standard InChI is InChI=1S/C8H13N5O/c9-7(14)6-8(12-5-11-6)13-3-1-10-2-4-13/h5,10H,1-4H2,(H2,9,14)(H,11,12). The molecule has 1 aliphatic heterocycles. The van der Waals surface area contributed by atoms with Crippen molar-refractivity contribution in [2.75, 3.05) is 31.1 Å². The predicted octanol–water partition coefficient (Wildman–Crippen LogP) is -1.08. The van der Waals surface area contributed by atoms with Crippen molar-refractivity contribution in [3.63, 3.8) is 0 Å². The second-order valence-corrected chi connectivity index (χ2v) is 3.20. The molecule has 14 heavy (non-hydrogen) atoms. The molecule has 2 rings (SSSR count). The van der Waals surface area contributed by atoms with E-state index in [1.54, 1.807) is 0 Å². The maximum absolute atomic E-state index is 11.0. The molecule has 2 heterocycles. The van der Waals surface area contributed by atoms with E-state index in [1.165, 1.54) is 6.33 Å². The van der Waals surface area contributed by atoms with E-state index in [0.29, 0.717) is 11.5 Å². The van der Waals surface area contributed by atoms with Gasteiger partial charge in [0.1, 0.15) is 5.69 Å². The summed E-state index contributed by atoms with van der Waals surface area (Å²) in [6.45, 7) is 3.52. The summed E-state index contributed by atoms with van der Waals surface area (Å²) in [4.78, 5) is 19.9. The molecule has 0 unspecified atom stereocenters. The molecule has 0 aromatic carbocycles. The number of hydrogen-bond donors (Lipinski definition) is 3. The molecule has 0 saturated carbocycles. The molecule has 6 heteroatoms. The van der Waals surface area contributed by atoms with Crippen LogP contribution in [0.15, 0.2) is 6.33 Å². The van der Waals surface area contributed by atoms with E-state index in [-0.39, 0.29) is 0 Å². The van der Waals surface area contributed by atoms with Gasteiger partial charge in [-0.05, 0) is 0 Å². The monoisotopic (exact) mass is 195 g/mol. The molecule has 1 fully saturated rings. The third-order valence-corrected chi connectivity index (χ3v) is 2.28. The van der Waals surface area contributed by atoms with Crippen molar-refractivity contribution < 1.29 is 4.79 Å². The normalized spacial score (nSPS) is 17.0. The minimum Gasteiger partial charge on any atom is -0.364 e. The fourth-order valence-electron chi connectivity index (χ4n) is 1.58. The number of carbonyl (C=O) groups is 1. The predicted molar refractivity (Wildman–Crippen MR) is 52.2 cm³/mol. The van der Waals surface area contributed by atoms with Gasteiger partial charge in [-0.1, -0.05) is 0 Å². The van der Waals surface area contributed by atoms with Gasteiger partial charge in [0.05, 0.1) is 6.33 Å². The highest BCUT2D eigenvalue weighted by molar-refractivity contribution is 5.95. The Balaban J connectivity index is 2.21. The van der Waals surface area contributed by atoms with Crippen molar-refractivity contribution in [1.29, 1.82) is 0 Å². The highest BCUT2D eigenvalue weighted by atomic mass is 16.1. The number of H-pyrrole nitrogens is 1. The van der Waals surface area contributed by atoms with Crippen molar-refractivity contribution in [3.05, 3.63) is 12.0 Å². The van der Waals surface area contributed by atoms with Crippen LogP contribution >= 0.6 is 0 Å². The van der Waals surface area contributed by atoms with Crippen LogP contribution in [0.25, 0.3) is 0 Å². The third-order valence-electron chi connectivity index (χ3n) is 2.28. The Morgan fingerprint density at radius 1 is 1.50 bits per heavy atom. The van der Waals surface area contributed by atoms with Crippen LogP contribution in [0.5, 0.6) is 0 Å². The average Bonchev–Trinajstić information content (AvgIpc) is 2.67. The minimum absolute atomic E-state index is 0.395. The molecular weight excluding hydrogens is 182 g/mol. The van der Waals surface area contributed by atoms with Gasteiger partial charge in [-0.2, -0.15) is 0 Å². The van der Waals surface area contributed by atoms with Gasteiger partial charge < -0.3 is 20.9 Å². The second-order valence-electron chi connectivity index (χ2n) is 3.20. The van der Waals surface area contributed by atoms with Crippen molar-refractivity contribution >= 4 is 11.7 Å². The lowest BCUT2D eigenvalue weighted by Crippen LogP contribution is -2.44. The van der Waals surface area contributed by atoms with Crippen molar-refractivity contribution in [2.24, 2.45) is 5.73 Å². The molecule has 0 aliphatic carbocycles. The Morgan fingerprint density at radius 3 is 2.86 bits per heavy atom. The molecule has 4 N–H and O–H groups in total. The van der Waals surface area contributed by atoms with Crippen LogP contribution in [-0.4, -0.2) is 42.1 Å². The van der Waals surface area contributed by atoms with Crippen molar-refractivity contribution in [3.8, 4) is 0 Å². The van der Waals surface area contributed by atoms with E-state index in [2.05, 4.69) is 15.3 Å². The number of carbonyl (C=O) groups excluding carboxylic acids is 1. The quantitative estimate of drug-likeness (QED) is 0.560. The Morgan fingerprint density at radius 2 is 2.21 bits per heavy atom. The Hall–Kier alpha value is -1.56. The number of aromatic nitrogens is 2. The topological polar surface area (TPSA) is 87.0 Å². The first-order chi connectivity index (χ1) is 6.79. The summed E-state index contributed by atoms with van der Waals surface area (Å²) in [6.07, 6.45) is 1.50. The third kappa shape index (κ3) is 1.56. The molecule has 1 amide bonds. The maximum atomic E-state index is 11.0. The van der Waals surface area contributed by atoms with Crippen LogP contribution in [0.4, 0.5) is 5.82 Å². The van der Waals surface area contributed by atoms with E-state index in [0.717, 1.165) is 26.2 Å². The number of nitrogens with two attached hydrogens (primary N) is 1. The lowest BCUT2D eigenvalue weighted by atomic mass is 10.3. The van der Waals surface area contributed by atoms with Crippen molar-refractivity contribution in [1.82, 2.24) is 15.3 Å². The Labute approximate surface area is 81.5 Å². The van der Waals surface area contributed by atoms with E-state index in [4.69, 9.17) is 5.73 Å². The number of amides is 1. The summed E-state index contributed by atoms with van der Waals surface area (Å²) in [5.41, 5.74) is 5.61. The van der Waals surface area contributed by atoms with E-state index in [9.17, 15) is 4.79 Å². The highest BCUT2D eigenvalue weighted by Gasteiger charge is 2.18. The van der Waals surface area contributed by atoms with Gasteiger partial charge in [-0.3, -0.25) is 4.79 Å². The summed E-state index contributed by atoms with van der Waals surface area (Å²) < 4.78 is 0. The van der Waals surface area contributed by atoms with Gasteiger partial charge >= 0.3 is 0 Å². The van der Waals surface area contributed by atoms with Crippen molar-refractivity contribution in [2.45, 2.75) is 0 Å². The number of anilines is 1.